The van der Waals surface area contributed by atoms with Gasteiger partial charge in [-0.15, -0.1) is 0 Å². The van der Waals surface area contributed by atoms with E-state index in [0.29, 0.717) is 24.8 Å². The molecule has 9 heteroatoms. The van der Waals surface area contributed by atoms with Crippen molar-refractivity contribution in [2.24, 2.45) is 0 Å². The van der Waals surface area contributed by atoms with Crippen LogP contribution in [0.25, 0.3) is 0 Å². The molecule has 1 atom stereocenters. The molecule has 3 rings (SSSR count). The van der Waals surface area contributed by atoms with Crippen LogP contribution in [0, 0.1) is 0 Å². The van der Waals surface area contributed by atoms with E-state index in [0.717, 1.165) is 24.2 Å². The lowest BCUT2D eigenvalue weighted by Gasteiger charge is -2.26. The SMILES string of the molecule is O=C(N[C@@H](CO)C(=O)NCc1ccc(Cl)cc1)c1cc(O)cc(CN2CCOCC2)c1. The molecule has 4 N–H and O–H groups in total. The lowest BCUT2D eigenvalue weighted by molar-refractivity contribution is -0.124. The first-order valence-electron chi connectivity index (χ1n) is 10.0. The minimum atomic E-state index is -1.12. The average Bonchev–Trinajstić information content (AvgIpc) is 2.77. The van der Waals surface area contributed by atoms with Crippen molar-refractivity contribution in [3.63, 3.8) is 0 Å². The van der Waals surface area contributed by atoms with Gasteiger partial charge in [0, 0.05) is 36.8 Å². The summed E-state index contributed by atoms with van der Waals surface area (Å²) in [5, 5.41) is 25.4. The number of nitrogens with one attached hydrogen (secondary N) is 2. The molecular formula is C22H26ClN3O5. The molecule has 0 unspecified atom stereocenters. The van der Waals surface area contributed by atoms with Crippen LogP contribution in [0.15, 0.2) is 42.5 Å². The lowest BCUT2D eigenvalue weighted by Crippen LogP contribution is -2.48. The number of carbonyl (C=O) groups excluding carboxylic acids is 2. The third-order valence-electron chi connectivity index (χ3n) is 4.93. The molecule has 0 aromatic heterocycles. The molecule has 0 aliphatic carbocycles. The van der Waals surface area contributed by atoms with E-state index in [1.165, 1.54) is 6.07 Å². The van der Waals surface area contributed by atoms with Crippen molar-refractivity contribution in [2.75, 3.05) is 32.9 Å². The Morgan fingerprint density at radius 1 is 1.10 bits per heavy atom. The molecule has 0 spiro atoms. The molecule has 1 heterocycles. The van der Waals surface area contributed by atoms with Gasteiger partial charge in [0.25, 0.3) is 5.91 Å². The predicted octanol–water partition coefficient (Wildman–Crippen LogP) is 1.28. The summed E-state index contributed by atoms with van der Waals surface area (Å²) in [6.45, 7) is 3.10. The standard InChI is InChI=1S/C22H26ClN3O5/c23-18-3-1-15(2-4-18)12-24-22(30)20(14-27)25-21(29)17-9-16(10-19(28)11-17)13-26-5-7-31-8-6-26/h1-4,9-11,20,27-28H,5-8,12-14H2,(H,24,30)(H,25,29)/t20-/m0/s1. The Bertz CT molecular complexity index is 901. The summed E-state index contributed by atoms with van der Waals surface area (Å²) >= 11 is 5.85. The van der Waals surface area contributed by atoms with Crippen LogP contribution in [-0.2, 0) is 22.6 Å². The maximum absolute atomic E-state index is 12.7. The number of rotatable bonds is 8. The van der Waals surface area contributed by atoms with Crippen LogP contribution >= 0.6 is 11.6 Å². The molecule has 166 valence electrons. The van der Waals surface area contributed by atoms with Gasteiger partial charge in [0.1, 0.15) is 11.8 Å². The zero-order valence-corrected chi connectivity index (χ0v) is 17.8. The van der Waals surface area contributed by atoms with Crippen LogP contribution in [0.1, 0.15) is 21.5 Å². The van der Waals surface area contributed by atoms with Gasteiger partial charge in [-0.05, 0) is 41.5 Å². The maximum atomic E-state index is 12.7. The van der Waals surface area contributed by atoms with Gasteiger partial charge >= 0.3 is 0 Å². The number of carbonyl (C=O) groups is 2. The molecule has 2 aromatic carbocycles. The van der Waals surface area contributed by atoms with Crippen LogP contribution < -0.4 is 10.6 Å². The monoisotopic (exact) mass is 447 g/mol. The van der Waals surface area contributed by atoms with Crippen molar-refractivity contribution >= 4 is 23.4 Å². The number of morpholine rings is 1. The first-order valence-corrected chi connectivity index (χ1v) is 10.4. The Morgan fingerprint density at radius 2 is 1.81 bits per heavy atom. The lowest BCUT2D eigenvalue weighted by atomic mass is 10.1. The molecule has 31 heavy (non-hydrogen) atoms. The number of aliphatic hydroxyl groups is 1. The molecular weight excluding hydrogens is 422 g/mol. The second-order valence-electron chi connectivity index (χ2n) is 7.33. The number of benzene rings is 2. The third-order valence-corrected chi connectivity index (χ3v) is 5.19. The Kier molecular flexibility index (Phi) is 8.25. The van der Waals surface area contributed by atoms with E-state index in [2.05, 4.69) is 15.5 Å². The molecule has 0 saturated carbocycles. The molecule has 1 fully saturated rings. The number of hydrogen-bond acceptors (Lipinski definition) is 6. The number of ether oxygens (including phenoxy) is 1. The van der Waals surface area contributed by atoms with Gasteiger partial charge in [0.15, 0.2) is 0 Å². The molecule has 0 bridgehead atoms. The van der Waals surface area contributed by atoms with E-state index < -0.39 is 24.5 Å². The number of aromatic hydroxyl groups is 1. The zero-order chi connectivity index (χ0) is 22.2. The van der Waals surface area contributed by atoms with Gasteiger partial charge < -0.3 is 25.6 Å². The van der Waals surface area contributed by atoms with Crippen molar-refractivity contribution in [3.05, 3.63) is 64.2 Å². The summed E-state index contributed by atoms with van der Waals surface area (Å²) in [4.78, 5) is 27.2. The van der Waals surface area contributed by atoms with Crippen LogP contribution in [0.4, 0.5) is 0 Å². The van der Waals surface area contributed by atoms with E-state index >= 15 is 0 Å². The number of phenols is 1. The topological polar surface area (TPSA) is 111 Å². The van der Waals surface area contributed by atoms with Gasteiger partial charge in [-0.3, -0.25) is 14.5 Å². The molecule has 1 saturated heterocycles. The molecule has 1 aliphatic heterocycles. The number of nitrogens with zero attached hydrogens (tertiary/aromatic N) is 1. The normalized spacial score (nSPS) is 15.3. The number of hydrogen-bond donors (Lipinski definition) is 4. The van der Waals surface area contributed by atoms with E-state index in [-0.39, 0.29) is 17.9 Å². The predicted molar refractivity (Wildman–Crippen MR) is 116 cm³/mol. The van der Waals surface area contributed by atoms with Gasteiger partial charge in [-0.2, -0.15) is 0 Å². The Morgan fingerprint density at radius 3 is 2.48 bits per heavy atom. The largest absolute Gasteiger partial charge is 0.508 e. The number of phenolic OH excluding ortho intramolecular Hbond substituents is 1. The van der Waals surface area contributed by atoms with Gasteiger partial charge in [-0.1, -0.05) is 23.7 Å². The van der Waals surface area contributed by atoms with E-state index in [1.807, 2.05) is 0 Å². The Labute approximate surface area is 185 Å². The Balaban J connectivity index is 1.60. The second kappa shape index (κ2) is 11.1. The fraction of sp³-hybridized carbons (Fsp3) is 0.364. The minimum absolute atomic E-state index is 0.0383. The highest BCUT2D eigenvalue weighted by Crippen LogP contribution is 2.18. The van der Waals surface area contributed by atoms with Crippen LogP contribution in [0.2, 0.25) is 5.02 Å². The highest BCUT2D eigenvalue weighted by Gasteiger charge is 2.21. The van der Waals surface area contributed by atoms with Crippen molar-refractivity contribution in [2.45, 2.75) is 19.1 Å². The van der Waals surface area contributed by atoms with Crippen LogP contribution in [0.3, 0.4) is 0 Å². The van der Waals surface area contributed by atoms with Crippen molar-refractivity contribution in [1.82, 2.24) is 15.5 Å². The molecule has 2 amide bonds. The van der Waals surface area contributed by atoms with Crippen molar-refractivity contribution < 1.29 is 24.5 Å². The van der Waals surface area contributed by atoms with E-state index in [1.54, 1.807) is 36.4 Å². The fourth-order valence-corrected chi connectivity index (χ4v) is 3.39. The first-order chi connectivity index (χ1) is 14.9. The smallest absolute Gasteiger partial charge is 0.252 e. The highest BCUT2D eigenvalue weighted by atomic mass is 35.5. The summed E-state index contributed by atoms with van der Waals surface area (Å²) in [6, 6.07) is 10.5. The van der Waals surface area contributed by atoms with E-state index in [9.17, 15) is 19.8 Å². The summed E-state index contributed by atoms with van der Waals surface area (Å²) < 4.78 is 5.33. The fourth-order valence-electron chi connectivity index (χ4n) is 3.26. The molecule has 1 aliphatic rings. The molecule has 0 radical (unpaired) electrons. The van der Waals surface area contributed by atoms with Crippen LogP contribution in [0.5, 0.6) is 5.75 Å². The second-order valence-corrected chi connectivity index (χ2v) is 7.77. The summed E-state index contributed by atoms with van der Waals surface area (Å²) in [5.74, 6) is -1.11. The Hall–Kier alpha value is -2.65. The van der Waals surface area contributed by atoms with Gasteiger partial charge in [0.2, 0.25) is 5.91 Å². The zero-order valence-electron chi connectivity index (χ0n) is 17.0. The van der Waals surface area contributed by atoms with Crippen molar-refractivity contribution in [1.29, 1.82) is 0 Å². The summed E-state index contributed by atoms with van der Waals surface area (Å²) in [7, 11) is 0. The van der Waals surface area contributed by atoms with Crippen LogP contribution in [-0.4, -0.2) is 65.9 Å². The quantitative estimate of drug-likeness (QED) is 0.485. The number of aliphatic hydroxyl groups excluding tert-OH is 1. The third kappa shape index (κ3) is 6.93. The summed E-state index contributed by atoms with van der Waals surface area (Å²) in [6.07, 6.45) is 0. The number of halogens is 1. The van der Waals surface area contributed by atoms with Crippen molar-refractivity contribution in [3.8, 4) is 5.75 Å². The minimum Gasteiger partial charge on any atom is -0.508 e. The molecule has 8 nitrogen and oxygen atoms in total. The van der Waals surface area contributed by atoms with E-state index in [4.69, 9.17) is 16.3 Å². The van der Waals surface area contributed by atoms with Gasteiger partial charge in [0.05, 0.1) is 19.8 Å². The number of amides is 2. The molecule has 2 aromatic rings. The van der Waals surface area contributed by atoms with Gasteiger partial charge in [-0.25, -0.2) is 0 Å². The highest BCUT2D eigenvalue weighted by molar-refractivity contribution is 6.30. The summed E-state index contributed by atoms with van der Waals surface area (Å²) in [5.41, 5.74) is 1.83. The first kappa shape index (κ1) is 23.0. The average molecular weight is 448 g/mol. The maximum Gasteiger partial charge on any atom is 0.252 e.